The summed E-state index contributed by atoms with van der Waals surface area (Å²) in [6.07, 6.45) is 2.39. The zero-order chi connectivity index (χ0) is 15.9. The molecule has 1 aromatic heterocycles. The van der Waals surface area contributed by atoms with Crippen molar-refractivity contribution >= 4 is 29.2 Å². The smallest absolute Gasteiger partial charge is 0.341 e. The number of nitrogens with zero attached hydrogens (tertiary/aromatic N) is 1. The molecule has 1 N–H and O–H groups in total. The Bertz CT molecular complexity index is 671. The molecule has 0 bridgehead atoms. The zero-order valence-corrected chi connectivity index (χ0v) is 12.8. The number of anilines is 1. The molecule has 2 rings (SSSR count). The number of carbonyl (C=O) groups excluding carboxylic acids is 2. The Hall–Kier alpha value is -2.40. The molecular weight excluding hydrogens is 304 g/mol. The standard InChI is InChI=1S/C16H15ClN2O3/c1-2-11-5-7-12(8-6-11)19-14(20)10-22-16(21)13-4-3-9-18-15(13)17/h3-9H,2,10H2,1H3,(H,19,20). The zero-order valence-electron chi connectivity index (χ0n) is 12.0. The molecule has 114 valence electrons. The van der Waals surface area contributed by atoms with Crippen LogP contribution in [-0.2, 0) is 16.0 Å². The molecule has 0 saturated carbocycles. The van der Waals surface area contributed by atoms with Crippen molar-refractivity contribution in [1.29, 1.82) is 0 Å². The second kappa shape index (κ2) is 7.56. The molecule has 0 spiro atoms. The molecule has 0 fully saturated rings. The maximum atomic E-state index is 11.8. The lowest BCUT2D eigenvalue weighted by Gasteiger charge is -2.07. The molecule has 0 unspecified atom stereocenters. The van der Waals surface area contributed by atoms with Crippen molar-refractivity contribution in [3.63, 3.8) is 0 Å². The SMILES string of the molecule is CCc1ccc(NC(=O)COC(=O)c2cccnc2Cl)cc1. The van der Waals surface area contributed by atoms with Crippen molar-refractivity contribution in [2.45, 2.75) is 13.3 Å². The van der Waals surface area contributed by atoms with Crippen LogP contribution in [-0.4, -0.2) is 23.5 Å². The molecule has 5 nitrogen and oxygen atoms in total. The number of pyridine rings is 1. The van der Waals surface area contributed by atoms with E-state index >= 15 is 0 Å². The maximum Gasteiger partial charge on any atom is 0.341 e. The highest BCUT2D eigenvalue weighted by Crippen LogP contribution is 2.13. The van der Waals surface area contributed by atoms with Crippen LogP contribution in [0.2, 0.25) is 5.15 Å². The third-order valence-electron chi connectivity index (χ3n) is 2.96. The van der Waals surface area contributed by atoms with Crippen molar-refractivity contribution in [3.8, 4) is 0 Å². The Labute approximate surface area is 133 Å². The summed E-state index contributed by atoms with van der Waals surface area (Å²) in [7, 11) is 0. The van der Waals surface area contributed by atoms with E-state index in [1.54, 1.807) is 18.2 Å². The van der Waals surface area contributed by atoms with E-state index in [4.69, 9.17) is 16.3 Å². The number of nitrogens with one attached hydrogen (secondary N) is 1. The molecule has 0 aliphatic rings. The van der Waals surface area contributed by atoms with Crippen LogP contribution in [0.3, 0.4) is 0 Å². The van der Waals surface area contributed by atoms with E-state index in [1.807, 2.05) is 12.1 Å². The number of rotatable bonds is 5. The van der Waals surface area contributed by atoms with E-state index in [1.165, 1.54) is 17.8 Å². The van der Waals surface area contributed by atoms with Crippen LogP contribution in [0.25, 0.3) is 0 Å². The van der Waals surface area contributed by atoms with Gasteiger partial charge in [0.2, 0.25) is 0 Å². The fraction of sp³-hybridized carbons (Fsp3) is 0.188. The summed E-state index contributed by atoms with van der Waals surface area (Å²) in [5.41, 5.74) is 1.96. The minimum atomic E-state index is -0.686. The van der Waals surface area contributed by atoms with E-state index < -0.39 is 11.9 Å². The van der Waals surface area contributed by atoms with Gasteiger partial charge in [-0.1, -0.05) is 30.7 Å². The first-order valence-corrected chi connectivity index (χ1v) is 7.14. The minimum Gasteiger partial charge on any atom is -0.452 e. The summed E-state index contributed by atoms with van der Waals surface area (Å²) in [5, 5.41) is 2.69. The second-order valence-corrected chi connectivity index (χ2v) is 4.87. The largest absolute Gasteiger partial charge is 0.452 e. The highest BCUT2D eigenvalue weighted by Gasteiger charge is 2.14. The normalized spacial score (nSPS) is 10.1. The fourth-order valence-electron chi connectivity index (χ4n) is 1.77. The van der Waals surface area contributed by atoms with E-state index in [9.17, 15) is 9.59 Å². The Kier molecular flexibility index (Phi) is 5.49. The number of benzene rings is 1. The lowest BCUT2D eigenvalue weighted by molar-refractivity contribution is -0.119. The lowest BCUT2D eigenvalue weighted by Crippen LogP contribution is -2.21. The second-order valence-electron chi connectivity index (χ2n) is 4.52. The van der Waals surface area contributed by atoms with Gasteiger partial charge in [-0.05, 0) is 36.2 Å². The molecule has 0 aliphatic carbocycles. The Morgan fingerprint density at radius 2 is 1.95 bits per heavy atom. The van der Waals surface area contributed by atoms with Gasteiger partial charge in [0, 0.05) is 11.9 Å². The van der Waals surface area contributed by atoms with Gasteiger partial charge >= 0.3 is 5.97 Å². The number of amides is 1. The van der Waals surface area contributed by atoms with E-state index in [0.717, 1.165) is 6.42 Å². The summed E-state index contributed by atoms with van der Waals surface area (Å²) in [4.78, 5) is 27.3. The van der Waals surface area contributed by atoms with Crippen LogP contribution >= 0.6 is 11.6 Å². The van der Waals surface area contributed by atoms with Gasteiger partial charge in [-0.3, -0.25) is 4.79 Å². The highest BCUT2D eigenvalue weighted by molar-refractivity contribution is 6.32. The molecule has 0 aliphatic heterocycles. The van der Waals surface area contributed by atoms with Crippen LogP contribution in [0.1, 0.15) is 22.8 Å². The third-order valence-corrected chi connectivity index (χ3v) is 3.26. The lowest BCUT2D eigenvalue weighted by atomic mass is 10.1. The van der Waals surface area contributed by atoms with Crippen molar-refractivity contribution < 1.29 is 14.3 Å². The predicted molar refractivity (Wildman–Crippen MR) is 84.0 cm³/mol. The molecule has 0 saturated heterocycles. The fourth-order valence-corrected chi connectivity index (χ4v) is 1.96. The molecule has 2 aromatic rings. The number of esters is 1. The van der Waals surface area contributed by atoms with Gasteiger partial charge in [0.1, 0.15) is 5.15 Å². The highest BCUT2D eigenvalue weighted by atomic mass is 35.5. The van der Waals surface area contributed by atoms with Crippen LogP contribution in [0.5, 0.6) is 0 Å². The number of carbonyl (C=O) groups is 2. The van der Waals surface area contributed by atoms with Crippen molar-refractivity contribution in [2.24, 2.45) is 0 Å². The number of aryl methyl sites for hydroxylation is 1. The van der Waals surface area contributed by atoms with Crippen LogP contribution < -0.4 is 5.32 Å². The summed E-state index contributed by atoms with van der Waals surface area (Å²) in [6.45, 7) is 1.66. The monoisotopic (exact) mass is 318 g/mol. The average Bonchev–Trinajstić information content (AvgIpc) is 2.54. The van der Waals surface area contributed by atoms with Gasteiger partial charge in [0.05, 0.1) is 5.56 Å². The third kappa shape index (κ3) is 4.30. The van der Waals surface area contributed by atoms with Crippen molar-refractivity contribution in [3.05, 3.63) is 58.9 Å². The van der Waals surface area contributed by atoms with Gasteiger partial charge in [0.25, 0.3) is 5.91 Å². The maximum absolute atomic E-state index is 11.8. The van der Waals surface area contributed by atoms with Crippen LogP contribution in [0.15, 0.2) is 42.6 Å². The summed E-state index contributed by atoms with van der Waals surface area (Å²) in [6, 6.07) is 10.5. The first-order chi connectivity index (χ1) is 10.6. The Morgan fingerprint density at radius 1 is 1.23 bits per heavy atom. The number of hydrogen-bond acceptors (Lipinski definition) is 4. The molecule has 1 heterocycles. The first-order valence-electron chi connectivity index (χ1n) is 6.76. The molecule has 6 heteroatoms. The van der Waals surface area contributed by atoms with Gasteiger partial charge in [-0.25, -0.2) is 9.78 Å². The minimum absolute atomic E-state index is 0.0445. The topological polar surface area (TPSA) is 68.3 Å². The quantitative estimate of drug-likeness (QED) is 0.679. The first kappa shape index (κ1) is 16.0. The summed E-state index contributed by atoms with van der Waals surface area (Å²) >= 11 is 5.78. The number of ether oxygens (including phenoxy) is 1. The van der Waals surface area contributed by atoms with E-state index in [-0.39, 0.29) is 17.3 Å². The van der Waals surface area contributed by atoms with Gasteiger partial charge in [0.15, 0.2) is 6.61 Å². The average molecular weight is 319 g/mol. The van der Waals surface area contributed by atoms with Crippen molar-refractivity contribution in [2.75, 3.05) is 11.9 Å². The molecule has 0 radical (unpaired) electrons. The Morgan fingerprint density at radius 3 is 2.59 bits per heavy atom. The summed E-state index contributed by atoms with van der Waals surface area (Å²) < 4.78 is 4.91. The molecule has 1 amide bonds. The molecule has 22 heavy (non-hydrogen) atoms. The molecule has 0 atom stereocenters. The number of aromatic nitrogens is 1. The van der Waals surface area contributed by atoms with Gasteiger partial charge in [-0.15, -0.1) is 0 Å². The summed E-state index contributed by atoms with van der Waals surface area (Å²) in [5.74, 6) is -1.10. The Balaban J connectivity index is 1.87. The predicted octanol–water partition coefficient (Wildman–Crippen LogP) is 3.09. The van der Waals surface area contributed by atoms with Gasteiger partial charge in [-0.2, -0.15) is 0 Å². The molecular formula is C16H15ClN2O3. The van der Waals surface area contributed by atoms with Crippen LogP contribution in [0.4, 0.5) is 5.69 Å². The van der Waals surface area contributed by atoms with Crippen LogP contribution in [0, 0.1) is 0 Å². The van der Waals surface area contributed by atoms with E-state index in [2.05, 4.69) is 17.2 Å². The number of hydrogen-bond donors (Lipinski definition) is 1. The van der Waals surface area contributed by atoms with Crippen molar-refractivity contribution in [1.82, 2.24) is 4.98 Å². The van der Waals surface area contributed by atoms with E-state index in [0.29, 0.717) is 5.69 Å². The number of halogens is 1. The molecule has 1 aromatic carbocycles. The van der Waals surface area contributed by atoms with Gasteiger partial charge < -0.3 is 10.1 Å².